The van der Waals surface area contributed by atoms with E-state index in [2.05, 4.69) is 15.5 Å². The zero-order valence-electron chi connectivity index (χ0n) is 15.8. The molecule has 1 atom stereocenters. The SMILES string of the molecule is COc1ccc(-c2nnc(SC(C)C(=O)NCCc3ccccc3)n2N)cc1. The lowest BCUT2D eigenvalue weighted by Crippen LogP contribution is -2.32. The summed E-state index contributed by atoms with van der Waals surface area (Å²) in [5.74, 6) is 7.36. The number of benzene rings is 2. The maximum absolute atomic E-state index is 12.4. The molecule has 1 amide bonds. The van der Waals surface area contributed by atoms with Gasteiger partial charge in [0.1, 0.15) is 5.75 Å². The van der Waals surface area contributed by atoms with Crippen LogP contribution in [0.4, 0.5) is 0 Å². The summed E-state index contributed by atoms with van der Waals surface area (Å²) < 4.78 is 6.56. The van der Waals surface area contributed by atoms with Gasteiger partial charge in [-0.1, -0.05) is 42.1 Å². The van der Waals surface area contributed by atoms with Crippen molar-refractivity contribution in [2.45, 2.75) is 23.8 Å². The number of nitrogen functional groups attached to an aromatic ring is 1. The first-order valence-electron chi connectivity index (χ1n) is 8.91. The van der Waals surface area contributed by atoms with Crippen LogP contribution >= 0.6 is 11.8 Å². The third-order valence-electron chi connectivity index (χ3n) is 4.22. The molecule has 0 fully saturated rings. The van der Waals surface area contributed by atoms with Crippen LogP contribution in [0.25, 0.3) is 11.4 Å². The summed E-state index contributed by atoms with van der Waals surface area (Å²) in [6.45, 7) is 2.41. The van der Waals surface area contributed by atoms with E-state index in [4.69, 9.17) is 10.6 Å². The summed E-state index contributed by atoms with van der Waals surface area (Å²) in [6, 6.07) is 17.4. The Kier molecular flexibility index (Phi) is 6.54. The standard InChI is InChI=1S/C20H23N5O2S/c1-14(19(26)22-13-12-15-6-4-3-5-7-15)28-20-24-23-18(25(20)21)16-8-10-17(27-2)11-9-16/h3-11,14H,12-13,21H2,1-2H3,(H,22,26). The summed E-state index contributed by atoms with van der Waals surface area (Å²) in [5.41, 5.74) is 2.01. The summed E-state index contributed by atoms with van der Waals surface area (Å²) in [7, 11) is 1.61. The Balaban J connectivity index is 1.56. The van der Waals surface area contributed by atoms with Crippen molar-refractivity contribution in [1.82, 2.24) is 20.2 Å². The fraction of sp³-hybridized carbons (Fsp3) is 0.250. The van der Waals surface area contributed by atoms with Crippen molar-refractivity contribution in [3.8, 4) is 17.1 Å². The first-order chi connectivity index (χ1) is 13.6. The number of hydrogen-bond donors (Lipinski definition) is 2. The zero-order valence-corrected chi connectivity index (χ0v) is 16.6. The third-order valence-corrected chi connectivity index (χ3v) is 5.28. The molecular formula is C20H23N5O2S. The van der Waals surface area contributed by atoms with E-state index in [0.29, 0.717) is 17.5 Å². The van der Waals surface area contributed by atoms with Crippen molar-refractivity contribution in [1.29, 1.82) is 0 Å². The van der Waals surface area contributed by atoms with Gasteiger partial charge >= 0.3 is 0 Å². The number of thioether (sulfide) groups is 1. The zero-order chi connectivity index (χ0) is 19.9. The van der Waals surface area contributed by atoms with Crippen LogP contribution in [0.5, 0.6) is 5.75 Å². The highest BCUT2D eigenvalue weighted by atomic mass is 32.2. The molecule has 8 heteroatoms. The number of carbonyl (C=O) groups excluding carboxylic acids is 1. The van der Waals surface area contributed by atoms with Gasteiger partial charge in [-0.2, -0.15) is 0 Å². The van der Waals surface area contributed by atoms with E-state index in [0.717, 1.165) is 17.7 Å². The van der Waals surface area contributed by atoms with E-state index in [1.165, 1.54) is 22.0 Å². The largest absolute Gasteiger partial charge is 0.497 e. The predicted octanol–water partition coefficient (Wildman–Crippen LogP) is 2.51. The number of amides is 1. The average Bonchev–Trinajstić information content (AvgIpc) is 3.09. The molecular weight excluding hydrogens is 374 g/mol. The van der Waals surface area contributed by atoms with Crippen LogP contribution in [-0.4, -0.2) is 39.7 Å². The highest BCUT2D eigenvalue weighted by Gasteiger charge is 2.19. The Labute approximate surface area is 168 Å². The Morgan fingerprint density at radius 1 is 1.18 bits per heavy atom. The third kappa shape index (κ3) is 4.83. The molecule has 0 spiro atoms. The molecule has 0 saturated heterocycles. The van der Waals surface area contributed by atoms with Crippen molar-refractivity contribution < 1.29 is 9.53 Å². The Morgan fingerprint density at radius 2 is 1.89 bits per heavy atom. The van der Waals surface area contributed by atoms with Gasteiger partial charge in [0.15, 0.2) is 5.82 Å². The highest BCUT2D eigenvalue weighted by molar-refractivity contribution is 8.00. The van der Waals surface area contributed by atoms with Crippen LogP contribution in [0.1, 0.15) is 12.5 Å². The van der Waals surface area contributed by atoms with Gasteiger partial charge in [0.25, 0.3) is 0 Å². The van der Waals surface area contributed by atoms with Crippen LogP contribution in [0, 0.1) is 0 Å². The van der Waals surface area contributed by atoms with E-state index in [1.54, 1.807) is 7.11 Å². The summed E-state index contributed by atoms with van der Waals surface area (Å²) in [6.07, 6.45) is 0.790. The molecule has 7 nitrogen and oxygen atoms in total. The molecule has 1 aromatic heterocycles. The minimum atomic E-state index is -0.342. The number of aromatic nitrogens is 3. The monoisotopic (exact) mass is 397 g/mol. The fourth-order valence-electron chi connectivity index (χ4n) is 2.62. The molecule has 0 aliphatic carbocycles. The van der Waals surface area contributed by atoms with Crippen molar-refractivity contribution in [3.63, 3.8) is 0 Å². The van der Waals surface area contributed by atoms with Crippen molar-refractivity contribution in [3.05, 3.63) is 60.2 Å². The van der Waals surface area contributed by atoms with Crippen LogP contribution in [0.15, 0.2) is 59.8 Å². The van der Waals surface area contributed by atoms with E-state index in [-0.39, 0.29) is 11.2 Å². The second-order valence-corrected chi connectivity index (χ2v) is 7.50. The number of nitrogens with one attached hydrogen (secondary N) is 1. The normalized spacial score (nSPS) is 11.8. The van der Waals surface area contributed by atoms with Crippen LogP contribution in [0.3, 0.4) is 0 Å². The average molecular weight is 398 g/mol. The summed E-state index contributed by atoms with van der Waals surface area (Å²) in [5, 5.41) is 11.4. The van der Waals surface area contributed by atoms with Gasteiger partial charge in [0.05, 0.1) is 12.4 Å². The highest BCUT2D eigenvalue weighted by Crippen LogP contribution is 2.25. The van der Waals surface area contributed by atoms with E-state index in [9.17, 15) is 4.79 Å². The molecule has 1 unspecified atom stereocenters. The molecule has 2 aromatic carbocycles. The second-order valence-electron chi connectivity index (χ2n) is 6.19. The number of methoxy groups -OCH3 is 1. The van der Waals surface area contributed by atoms with Crippen molar-refractivity contribution >= 4 is 17.7 Å². The number of nitrogens with zero attached hydrogens (tertiary/aromatic N) is 3. The molecule has 146 valence electrons. The van der Waals surface area contributed by atoms with Crippen molar-refractivity contribution in [2.24, 2.45) is 0 Å². The number of nitrogens with two attached hydrogens (primary N) is 1. The molecule has 3 N–H and O–H groups in total. The Morgan fingerprint density at radius 3 is 2.57 bits per heavy atom. The minimum Gasteiger partial charge on any atom is -0.497 e. The Hall–Kier alpha value is -3.00. The number of rotatable bonds is 8. The van der Waals surface area contributed by atoms with Crippen LogP contribution in [0.2, 0.25) is 0 Å². The smallest absolute Gasteiger partial charge is 0.233 e. The molecule has 0 radical (unpaired) electrons. The maximum Gasteiger partial charge on any atom is 0.233 e. The topological polar surface area (TPSA) is 95.1 Å². The molecule has 28 heavy (non-hydrogen) atoms. The first-order valence-corrected chi connectivity index (χ1v) is 9.79. The lowest BCUT2D eigenvalue weighted by Gasteiger charge is -2.11. The van der Waals surface area contributed by atoms with Gasteiger partial charge in [-0.15, -0.1) is 10.2 Å². The van der Waals surface area contributed by atoms with Gasteiger partial charge < -0.3 is 15.9 Å². The predicted molar refractivity (Wildman–Crippen MR) is 111 cm³/mol. The van der Waals surface area contributed by atoms with Gasteiger partial charge in [0, 0.05) is 12.1 Å². The van der Waals surface area contributed by atoms with Gasteiger partial charge in [-0.25, -0.2) is 4.68 Å². The molecule has 0 aliphatic heterocycles. The lowest BCUT2D eigenvalue weighted by atomic mass is 10.1. The van der Waals surface area contributed by atoms with Crippen molar-refractivity contribution in [2.75, 3.05) is 19.5 Å². The summed E-state index contributed by atoms with van der Waals surface area (Å²) in [4.78, 5) is 12.4. The lowest BCUT2D eigenvalue weighted by molar-refractivity contribution is -0.120. The number of carbonyl (C=O) groups is 1. The van der Waals surface area contributed by atoms with Crippen LogP contribution < -0.4 is 15.9 Å². The van der Waals surface area contributed by atoms with E-state index in [1.807, 2.05) is 61.5 Å². The second kappa shape index (κ2) is 9.27. The molecule has 0 saturated carbocycles. The van der Waals surface area contributed by atoms with E-state index >= 15 is 0 Å². The quantitative estimate of drug-likeness (QED) is 0.448. The van der Waals surface area contributed by atoms with E-state index < -0.39 is 0 Å². The van der Waals surface area contributed by atoms with Gasteiger partial charge in [-0.05, 0) is 43.2 Å². The Bertz CT molecular complexity index is 912. The molecule has 0 aliphatic rings. The molecule has 3 rings (SSSR count). The number of ether oxygens (including phenoxy) is 1. The fourth-order valence-corrected chi connectivity index (χ4v) is 3.42. The van der Waals surface area contributed by atoms with Gasteiger partial charge in [-0.3, -0.25) is 4.79 Å². The molecule has 0 bridgehead atoms. The summed E-state index contributed by atoms with van der Waals surface area (Å²) >= 11 is 1.28. The maximum atomic E-state index is 12.4. The number of hydrogen-bond acceptors (Lipinski definition) is 6. The van der Waals surface area contributed by atoms with Gasteiger partial charge in [0.2, 0.25) is 11.1 Å². The van der Waals surface area contributed by atoms with Crippen LogP contribution in [-0.2, 0) is 11.2 Å². The molecule has 1 heterocycles. The minimum absolute atomic E-state index is 0.0603. The molecule has 3 aromatic rings. The first kappa shape index (κ1) is 19.8.